The first-order valence-corrected chi connectivity index (χ1v) is 12.0. The summed E-state index contributed by atoms with van der Waals surface area (Å²) in [7, 11) is 0. The van der Waals surface area contributed by atoms with Gasteiger partial charge in [0.2, 0.25) is 0 Å². The average Bonchev–Trinajstić information content (AvgIpc) is 2.75. The predicted octanol–water partition coefficient (Wildman–Crippen LogP) is 2.53. The molecule has 0 saturated carbocycles. The van der Waals surface area contributed by atoms with Crippen molar-refractivity contribution in [2.75, 3.05) is 4.90 Å². The Morgan fingerprint density at radius 2 is 1.31 bits per heavy atom. The first kappa shape index (κ1) is 18.5. The molecule has 1 aliphatic heterocycles. The minimum atomic E-state index is -0.294. The number of imide groups is 1. The Kier molecular flexibility index (Phi) is 4.72. The number of rotatable bonds is 3. The fraction of sp³-hybridized carbons (Fsp3) is 0. The fourth-order valence-corrected chi connectivity index (χ4v) is 6.23. The van der Waals surface area contributed by atoms with Gasteiger partial charge in [0.1, 0.15) is 0 Å². The molecule has 2 amide bonds. The summed E-state index contributed by atoms with van der Waals surface area (Å²) in [5.41, 5.74) is 1.71. The molecule has 142 valence electrons. The molecular weight excluding hydrogens is 541 g/mol. The van der Waals surface area contributed by atoms with Gasteiger partial charge in [-0.05, 0) is 0 Å². The van der Waals surface area contributed by atoms with Crippen LogP contribution in [-0.4, -0.2) is 11.8 Å². The van der Waals surface area contributed by atoms with Crippen LogP contribution < -0.4 is 26.1 Å². The molecular formula is C24H14BrINO2-. The number of nitrogens with zero attached hydrogens (tertiary/aromatic N) is 1. The normalized spacial score (nSPS) is 13.3. The molecule has 3 nitrogen and oxygen atoms in total. The predicted molar refractivity (Wildman–Crippen MR) is 113 cm³/mol. The Balaban J connectivity index is 1.53. The third-order valence-electron chi connectivity index (χ3n) is 4.89. The van der Waals surface area contributed by atoms with E-state index >= 15 is 0 Å². The van der Waals surface area contributed by atoms with E-state index in [4.69, 9.17) is 0 Å². The van der Waals surface area contributed by atoms with Crippen molar-refractivity contribution in [1.29, 1.82) is 0 Å². The van der Waals surface area contributed by atoms with Crippen molar-refractivity contribution in [3.05, 3.63) is 108 Å². The van der Waals surface area contributed by atoms with Crippen LogP contribution in [0.5, 0.6) is 0 Å². The molecule has 0 saturated heterocycles. The van der Waals surface area contributed by atoms with E-state index in [0.29, 0.717) is 16.8 Å². The quantitative estimate of drug-likeness (QED) is 0.288. The van der Waals surface area contributed by atoms with Crippen LogP contribution in [0.25, 0.3) is 10.8 Å². The van der Waals surface area contributed by atoms with E-state index in [-0.39, 0.29) is 33.0 Å². The van der Waals surface area contributed by atoms with Crippen LogP contribution in [0.3, 0.4) is 0 Å². The van der Waals surface area contributed by atoms with Crippen molar-refractivity contribution in [3.8, 4) is 0 Å². The number of hydrogen-bond donors (Lipinski definition) is 0. The van der Waals surface area contributed by atoms with E-state index in [1.807, 2.05) is 60.7 Å². The Hall–Kier alpha value is -2.51. The van der Waals surface area contributed by atoms with Gasteiger partial charge in [0, 0.05) is 0 Å². The zero-order valence-corrected chi connectivity index (χ0v) is 18.8. The summed E-state index contributed by atoms with van der Waals surface area (Å²) in [6.45, 7) is 0. The molecule has 0 atom stereocenters. The number of amides is 2. The second-order valence-electron chi connectivity index (χ2n) is 6.64. The van der Waals surface area contributed by atoms with Crippen LogP contribution >= 0.6 is 15.9 Å². The van der Waals surface area contributed by atoms with Gasteiger partial charge in [-0.2, -0.15) is 0 Å². The molecule has 4 aromatic carbocycles. The molecule has 29 heavy (non-hydrogen) atoms. The first-order valence-electron chi connectivity index (χ1n) is 9.03. The maximum absolute atomic E-state index is 13.2. The summed E-state index contributed by atoms with van der Waals surface area (Å²) in [4.78, 5) is 27.7. The average molecular weight is 555 g/mol. The van der Waals surface area contributed by atoms with E-state index in [9.17, 15) is 9.59 Å². The van der Waals surface area contributed by atoms with E-state index < -0.39 is 0 Å². The van der Waals surface area contributed by atoms with E-state index in [0.717, 1.165) is 15.2 Å². The van der Waals surface area contributed by atoms with E-state index in [1.165, 1.54) is 12.0 Å². The zero-order valence-electron chi connectivity index (χ0n) is 15.1. The van der Waals surface area contributed by atoms with Gasteiger partial charge in [0.05, 0.1) is 0 Å². The standard InChI is InChI=1S/C24H14BrINO2/c25-21-14-13-20-22-18(21)7-4-8-19(22)23(28)27(24(20)29)17-11-9-16(10-12-17)26-15-5-2-1-3-6-15/h1-14H/q-1. The number of halogens is 2. The molecule has 5 rings (SSSR count). The molecule has 0 radical (unpaired) electrons. The van der Waals surface area contributed by atoms with Crippen molar-refractivity contribution >= 4 is 44.2 Å². The molecule has 0 fully saturated rings. The second kappa shape index (κ2) is 7.39. The SMILES string of the molecule is O=C1c2cccc3c(Br)ccc(c23)C(=O)N1c1ccc([I-]c2ccccc2)cc1. The van der Waals surface area contributed by atoms with Crippen LogP contribution in [0.15, 0.2) is 89.4 Å². The maximum atomic E-state index is 13.2. The van der Waals surface area contributed by atoms with Crippen molar-refractivity contribution < 1.29 is 30.8 Å². The van der Waals surface area contributed by atoms with Crippen LogP contribution in [0, 0.1) is 7.14 Å². The summed E-state index contributed by atoms with van der Waals surface area (Å²) >= 11 is 3.23. The zero-order chi connectivity index (χ0) is 20.0. The fourth-order valence-electron chi connectivity index (χ4n) is 3.55. The van der Waals surface area contributed by atoms with Gasteiger partial charge in [-0.3, -0.25) is 0 Å². The Bertz CT molecular complexity index is 1250. The van der Waals surface area contributed by atoms with Crippen LogP contribution in [0.1, 0.15) is 20.7 Å². The Morgan fingerprint density at radius 3 is 2.03 bits per heavy atom. The minimum absolute atomic E-state index is 0.281. The van der Waals surface area contributed by atoms with Crippen LogP contribution in [-0.2, 0) is 0 Å². The topological polar surface area (TPSA) is 37.4 Å². The van der Waals surface area contributed by atoms with Gasteiger partial charge >= 0.3 is 188 Å². The van der Waals surface area contributed by atoms with Crippen molar-refractivity contribution in [3.63, 3.8) is 0 Å². The van der Waals surface area contributed by atoms with Crippen LogP contribution in [0.4, 0.5) is 5.69 Å². The number of benzene rings is 4. The van der Waals surface area contributed by atoms with Crippen LogP contribution in [0.2, 0.25) is 0 Å². The molecule has 0 bridgehead atoms. The molecule has 1 aliphatic rings. The molecule has 0 N–H and O–H groups in total. The number of carbonyl (C=O) groups excluding carboxylic acids is 2. The third-order valence-corrected chi connectivity index (χ3v) is 8.27. The molecule has 5 heteroatoms. The summed E-state index contributed by atoms with van der Waals surface area (Å²) < 4.78 is 3.44. The van der Waals surface area contributed by atoms with E-state index in [2.05, 4.69) is 28.1 Å². The summed E-state index contributed by atoms with van der Waals surface area (Å²) in [6.07, 6.45) is 0. The van der Waals surface area contributed by atoms with Gasteiger partial charge < -0.3 is 0 Å². The Labute approximate surface area is 186 Å². The van der Waals surface area contributed by atoms with Gasteiger partial charge in [-0.25, -0.2) is 0 Å². The van der Waals surface area contributed by atoms with Gasteiger partial charge in [0.15, 0.2) is 0 Å². The molecule has 0 unspecified atom stereocenters. The number of carbonyl (C=O) groups is 2. The van der Waals surface area contributed by atoms with Crippen molar-refractivity contribution in [2.45, 2.75) is 0 Å². The molecule has 4 aromatic rings. The Morgan fingerprint density at radius 1 is 0.655 bits per heavy atom. The summed E-state index contributed by atoms with van der Waals surface area (Å²) in [5, 5.41) is 1.60. The van der Waals surface area contributed by atoms with Gasteiger partial charge in [-0.15, -0.1) is 0 Å². The van der Waals surface area contributed by atoms with Gasteiger partial charge in [0.25, 0.3) is 0 Å². The van der Waals surface area contributed by atoms with Gasteiger partial charge in [-0.1, -0.05) is 0 Å². The third kappa shape index (κ3) is 3.18. The van der Waals surface area contributed by atoms with E-state index in [1.54, 1.807) is 12.1 Å². The second-order valence-corrected chi connectivity index (χ2v) is 10.5. The number of anilines is 1. The first-order chi connectivity index (χ1) is 14.1. The molecule has 0 aromatic heterocycles. The molecule has 0 aliphatic carbocycles. The van der Waals surface area contributed by atoms with Crippen molar-refractivity contribution in [2.24, 2.45) is 0 Å². The monoisotopic (exact) mass is 554 g/mol. The van der Waals surface area contributed by atoms with Crippen molar-refractivity contribution in [1.82, 2.24) is 0 Å². The molecule has 1 heterocycles. The summed E-state index contributed by atoms with van der Waals surface area (Å²) in [6, 6.07) is 27.4. The molecule has 0 spiro atoms. The summed E-state index contributed by atoms with van der Waals surface area (Å²) in [5.74, 6) is -0.562. The number of hydrogen-bond acceptors (Lipinski definition) is 2.